The first-order valence-electron chi connectivity index (χ1n) is 9.28. The number of benzene rings is 1. The fourth-order valence-electron chi connectivity index (χ4n) is 2.89. The smallest absolute Gasteiger partial charge is 0.188 e. The van der Waals surface area contributed by atoms with Crippen molar-refractivity contribution in [1.29, 1.82) is 0 Å². The number of aliphatic hydroxyl groups excluding tert-OH is 1. The summed E-state index contributed by atoms with van der Waals surface area (Å²) in [6, 6.07) is 7.94. The molecule has 3 aromatic rings. The second-order valence-electron chi connectivity index (χ2n) is 7.65. The lowest BCUT2D eigenvalue weighted by molar-refractivity contribution is 0.275. The second-order valence-corrected chi connectivity index (χ2v) is 7.65. The molecule has 0 amide bonds. The predicted molar refractivity (Wildman–Crippen MR) is 103 cm³/mol. The van der Waals surface area contributed by atoms with Gasteiger partial charge in [-0.1, -0.05) is 6.07 Å². The van der Waals surface area contributed by atoms with Crippen LogP contribution in [0.5, 0.6) is 5.75 Å². The fraction of sp³-hybridized carbons (Fsp3) is 0.450. The van der Waals surface area contributed by atoms with E-state index >= 15 is 0 Å². The number of aliphatic hydroxyl groups is 1. The van der Waals surface area contributed by atoms with Gasteiger partial charge in [0.05, 0.1) is 11.2 Å². The van der Waals surface area contributed by atoms with Crippen molar-refractivity contribution in [3.8, 4) is 17.3 Å². The highest BCUT2D eigenvalue weighted by atomic mass is 19.1. The molecule has 0 aliphatic rings. The van der Waals surface area contributed by atoms with Gasteiger partial charge < -0.3 is 9.84 Å². The molecule has 0 saturated carbocycles. The minimum Gasteiger partial charge on any atom is -0.485 e. The molecule has 0 saturated heterocycles. The molecule has 1 N–H and O–H groups in total. The Bertz CT molecular complexity index is 942. The van der Waals surface area contributed by atoms with Crippen molar-refractivity contribution < 1.29 is 14.2 Å². The summed E-state index contributed by atoms with van der Waals surface area (Å²) < 4.78 is 22.7. The lowest BCUT2D eigenvalue weighted by Crippen LogP contribution is -2.25. The van der Waals surface area contributed by atoms with Crippen LogP contribution in [0, 0.1) is 12.7 Å². The predicted octanol–water partition coefficient (Wildman–Crippen LogP) is 3.31. The van der Waals surface area contributed by atoms with Crippen LogP contribution in [0.15, 0.2) is 30.3 Å². The van der Waals surface area contributed by atoms with E-state index in [0.717, 1.165) is 11.4 Å². The molecule has 0 bridgehead atoms. The van der Waals surface area contributed by atoms with E-state index in [2.05, 4.69) is 36.0 Å². The van der Waals surface area contributed by atoms with Gasteiger partial charge in [0.25, 0.3) is 0 Å². The van der Waals surface area contributed by atoms with Gasteiger partial charge in [-0.3, -0.25) is 4.68 Å². The zero-order valence-corrected chi connectivity index (χ0v) is 16.7. The minimum absolute atomic E-state index is 0.0615. The Morgan fingerprint density at radius 1 is 1.18 bits per heavy atom. The van der Waals surface area contributed by atoms with Gasteiger partial charge >= 0.3 is 0 Å². The maximum atomic E-state index is 13.3. The molecular weight excluding hydrogens is 361 g/mol. The van der Waals surface area contributed by atoms with E-state index in [0.29, 0.717) is 30.4 Å². The van der Waals surface area contributed by atoms with Gasteiger partial charge in [0.1, 0.15) is 23.9 Å². The third-order valence-corrected chi connectivity index (χ3v) is 4.10. The van der Waals surface area contributed by atoms with E-state index in [4.69, 9.17) is 4.74 Å². The summed E-state index contributed by atoms with van der Waals surface area (Å²) in [4.78, 5) is 4.65. The third-order valence-electron chi connectivity index (χ3n) is 4.10. The molecule has 150 valence electrons. The van der Waals surface area contributed by atoms with Crippen molar-refractivity contribution in [2.75, 3.05) is 6.61 Å². The van der Waals surface area contributed by atoms with Crippen LogP contribution in [0.1, 0.15) is 38.7 Å². The first kappa shape index (κ1) is 20.0. The highest BCUT2D eigenvalue weighted by molar-refractivity contribution is 5.51. The monoisotopic (exact) mass is 387 g/mol. The van der Waals surface area contributed by atoms with Crippen LogP contribution >= 0.6 is 0 Å². The summed E-state index contributed by atoms with van der Waals surface area (Å²) >= 11 is 0. The van der Waals surface area contributed by atoms with Crippen LogP contribution < -0.4 is 4.74 Å². The van der Waals surface area contributed by atoms with Crippen molar-refractivity contribution >= 4 is 0 Å². The topological polar surface area (TPSA) is 78.0 Å². The van der Waals surface area contributed by atoms with Gasteiger partial charge in [0.15, 0.2) is 11.6 Å². The molecule has 2 aromatic heterocycles. The van der Waals surface area contributed by atoms with E-state index in [9.17, 15) is 9.50 Å². The Hall–Kier alpha value is -2.74. The largest absolute Gasteiger partial charge is 0.485 e. The van der Waals surface area contributed by atoms with Gasteiger partial charge in [-0.2, -0.15) is 10.2 Å². The number of hydrogen-bond donors (Lipinski definition) is 1. The highest BCUT2D eigenvalue weighted by Crippen LogP contribution is 2.26. The standard InChI is InChI=1S/C20H26FN5O2/c1-14-11-17(26(23-14)20(2,3)4)19-22-18(24-25(19)9-6-10-27)13-28-16-8-5-7-15(21)12-16/h5,7-8,11-12,27H,6,9-10,13H2,1-4H3. The molecule has 2 heterocycles. The molecular formula is C20H26FN5O2. The molecule has 0 spiro atoms. The first-order valence-corrected chi connectivity index (χ1v) is 9.28. The van der Waals surface area contributed by atoms with Gasteiger partial charge in [0.2, 0.25) is 0 Å². The van der Waals surface area contributed by atoms with Crippen molar-refractivity contribution in [2.24, 2.45) is 0 Å². The van der Waals surface area contributed by atoms with Crippen LogP contribution in [-0.2, 0) is 18.7 Å². The number of hydrogen-bond acceptors (Lipinski definition) is 5. The Kier molecular flexibility index (Phi) is 5.79. The lowest BCUT2D eigenvalue weighted by Gasteiger charge is -2.22. The van der Waals surface area contributed by atoms with E-state index in [1.807, 2.05) is 17.7 Å². The molecule has 0 unspecified atom stereocenters. The number of halogens is 1. The molecule has 3 rings (SSSR count). The summed E-state index contributed by atoms with van der Waals surface area (Å²) in [5.74, 6) is 1.21. The minimum atomic E-state index is -0.357. The van der Waals surface area contributed by atoms with Gasteiger partial charge in [0, 0.05) is 19.2 Å². The third kappa shape index (κ3) is 4.56. The number of ether oxygens (including phenoxy) is 1. The van der Waals surface area contributed by atoms with Gasteiger partial charge in [-0.25, -0.2) is 14.1 Å². The number of aryl methyl sites for hydroxylation is 2. The van der Waals surface area contributed by atoms with E-state index in [1.54, 1.807) is 16.8 Å². The average molecular weight is 387 g/mol. The summed E-state index contributed by atoms with van der Waals surface area (Å²) in [5, 5.41) is 18.4. The quantitative estimate of drug-likeness (QED) is 0.673. The van der Waals surface area contributed by atoms with Crippen LogP contribution in [0.4, 0.5) is 4.39 Å². The van der Waals surface area contributed by atoms with Crippen LogP contribution in [-0.4, -0.2) is 36.3 Å². The van der Waals surface area contributed by atoms with E-state index < -0.39 is 0 Å². The molecule has 0 aliphatic heterocycles. The summed E-state index contributed by atoms with van der Waals surface area (Å²) in [6.45, 7) is 8.86. The molecule has 8 heteroatoms. The fourth-order valence-corrected chi connectivity index (χ4v) is 2.89. The van der Waals surface area contributed by atoms with Crippen molar-refractivity contribution in [3.63, 3.8) is 0 Å². The Morgan fingerprint density at radius 2 is 1.96 bits per heavy atom. The highest BCUT2D eigenvalue weighted by Gasteiger charge is 2.24. The first-order chi connectivity index (χ1) is 13.3. The molecule has 0 aliphatic carbocycles. The number of rotatable bonds is 7. The summed E-state index contributed by atoms with van der Waals surface area (Å²) in [6.07, 6.45) is 0.559. The SMILES string of the molecule is Cc1cc(-c2nc(COc3cccc(F)c3)nn2CCCO)n(C(C)(C)C)n1. The van der Waals surface area contributed by atoms with Crippen LogP contribution in [0.3, 0.4) is 0 Å². The molecule has 28 heavy (non-hydrogen) atoms. The van der Waals surface area contributed by atoms with Crippen LogP contribution in [0.2, 0.25) is 0 Å². The van der Waals surface area contributed by atoms with Crippen molar-refractivity contribution in [3.05, 3.63) is 47.7 Å². The molecule has 0 atom stereocenters. The van der Waals surface area contributed by atoms with E-state index in [1.165, 1.54) is 12.1 Å². The Morgan fingerprint density at radius 3 is 2.64 bits per heavy atom. The van der Waals surface area contributed by atoms with Crippen LogP contribution in [0.25, 0.3) is 11.5 Å². The molecule has 0 radical (unpaired) electrons. The second kappa shape index (κ2) is 8.10. The maximum Gasteiger partial charge on any atom is 0.188 e. The molecule has 0 fully saturated rings. The Balaban J connectivity index is 1.92. The maximum absolute atomic E-state index is 13.3. The lowest BCUT2D eigenvalue weighted by atomic mass is 10.1. The van der Waals surface area contributed by atoms with Gasteiger partial charge in [-0.05, 0) is 52.3 Å². The van der Waals surface area contributed by atoms with Crippen molar-refractivity contribution in [2.45, 2.75) is 52.8 Å². The van der Waals surface area contributed by atoms with Crippen molar-refractivity contribution in [1.82, 2.24) is 24.5 Å². The van der Waals surface area contributed by atoms with E-state index in [-0.39, 0.29) is 24.6 Å². The number of nitrogens with zero attached hydrogens (tertiary/aromatic N) is 5. The zero-order chi connectivity index (χ0) is 20.3. The Labute approximate surface area is 163 Å². The number of aromatic nitrogens is 5. The average Bonchev–Trinajstić information content (AvgIpc) is 3.21. The molecule has 1 aromatic carbocycles. The summed E-state index contributed by atoms with van der Waals surface area (Å²) in [5.41, 5.74) is 1.52. The summed E-state index contributed by atoms with van der Waals surface area (Å²) in [7, 11) is 0. The zero-order valence-electron chi connectivity index (χ0n) is 16.7. The molecule has 7 nitrogen and oxygen atoms in total. The normalized spacial score (nSPS) is 11.8. The van der Waals surface area contributed by atoms with Gasteiger partial charge in [-0.15, -0.1) is 0 Å².